The monoisotopic (exact) mass is 599 g/mol. The van der Waals surface area contributed by atoms with E-state index in [1.54, 1.807) is 0 Å². The van der Waals surface area contributed by atoms with Crippen molar-refractivity contribution in [3.63, 3.8) is 0 Å². The second-order valence-electron chi connectivity index (χ2n) is 12.6. The number of anilines is 1. The van der Waals surface area contributed by atoms with Gasteiger partial charge >= 0.3 is 6.01 Å². The van der Waals surface area contributed by atoms with Crippen molar-refractivity contribution >= 4 is 27.5 Å². The van der Waals surface area contributed by atoms with E-state index in [0.717, 1.165) is 45.1 Å². The van der Waals surface area contributed by atoms with Gasteiger partial charge in [0.15, 0.2) is 5.82 Å². The maximum absolute atomic E-state index is 16.7. The average molecular weight is 600 g/mol. The Hall–Kier alpha value is -4.07. The van der Waals surface area contributed by atoms with Crippen LogP contribution in [-0.4, -0.2) is 75.5 Å². The molecule has 0 amide bonds. The normalized spacial score (nSPS) is 24.0. The van der Waals surface area contributed by atoms with E-state index in [0.29, 0.717) is 48.7 Å². The molecule has 1 saturated carbocycles. The molecule has 2 N–H and O–H groups in total. The third kappa shape index (κ3) is 4.79. The van der Waals surface area contributed by atoms with Crippen molar-refractivity contribution < 1.29 is 23.7 Å². The minimum atomic E-state index is -0.762. The highest BCUT2D eigenvalue weighted by molar-refractivity contribution is 6.03. The predicted molar refractivity (Wildman–Crippen MR) is 165 cm³/mol. The van der Waals surface area contributed by atoms with Gasteiger partial charge in [-0.1, -0.05) is 18.4 Å². The van der Waals surface area contributed by atoms with Crippen molar-refractivity contribution in [2.75, 3.05) is 38.2 Å². The van der Waals surface area contributed by atoms with Gasteiger partial charge in [0.05, 0.1) is 23.7 Å². The predicted octanol–water partition coefficient (Wildman–Crippen LogP) is 5.41. The average Bonchev–Trinajstić information content (AvgIpc) is 3.46. The van der Waals surface area contributed by atoms with E-state index >= 15 is 4.39 Å². The van der Waals surface area contributed by atoms with Crippen LogP contribution in [0.25, 0.3) is 32.9 Å². The fourth-order valence-electron chi connectivity index (χ4n) is 7.80. The number of ether oxygens (including phenoxy) is 1. The number of β-amino-alcohol motifs (C(OH)–C–C–N with tert-alkyl or cyclic N) is 1. The molecule has 10 heteroatoms. The Labute approximate surface area is 254 Å². The number of aliphatic hydroxyl groups excluding tert-OH is 1. The summed E-state index contributed by atoms with van der Waals surface area (Å²) in [5.74, 6) is 1.29. The summed E-state index contributed by atoms with van der Waals surface area (Å²) in [6.45, 7) is 2.46. The number of rotatable bonds is 5. The number of phenolic OH excluding ortho intramolecular Hbond substituents is 1. The minimum Gasteiger partial charge on any atom is -0.508 e. The molecule has 1 aliphatic carbocycles. The molecule has 2 aromatic heterocycles. The van der Waals surface area contributed by atoms with Crippen LogP contribution < -0.4 is 9.64 Å². The lowest BCUT2D eigenvalue weighted by molar-refractivity contribution is 0.0133. The molecule has 4 heterocycles. The summed E-state index contributed by atoms with van der Waals surface area (Å²) >= 11 is 0. The number of phenols is 1. The molecule has 4 aromatic rings. The molecule has 3 atom stereocenters. The Morgan fingerprint density at radius 3 is 2.77 bits per heavy atom. The van der Waals surface area contributed by atoms with Crippen LogP contribution in [0.3, 0.4) is 0 Å². The molecule has 2 saturated heterocycles. The highest BCUT2D eigenvalue weighted by atomic mass is 19.1. The second kappa shape index (κ2) is 11.1. The van der Waals surface area contributed by atoms with E-state index in [1.165, 1.54) is 30.5 Å². The zero-order valence-electron chi connectivity index (χ0n) is 24.7. The van der Waals surface area contributed by atoms with Gasteiger partial charge in [-0.05, 0) is 75.7 Å². The minimum absolute atomic E-state index is 0.00792. The van der Waals surface area contributed by atoms with E-state index in [2.05, 4.69) is 27.8 Å². The number of fused-ring (bicyclic) bond motifs is 3. The number of aromatic hydroxyl groups is 1. The van der Waals surface area contributed by atoms with Crippen molar-refractivity contribution in [2.24, 2.45) is 5.41 Å². The number of aliphatic hydroxyl groups is 1. The number of nitrogens with zero attached hydrogens (tertiary/aromatic N) is 5. The van der Waals surface area contributed by atoms with Crippen molar-refractivity contribution in [3.8, 4) is 35.4 Å². The first kappa shape index (κ1) is 28.7. The molecule has 0 bridgehead atoms. The van der Waals surface area contributed by atoms with Gasteiger partial charge < -0.3 is 24.7 Å². The van der Waals surface area contributed by atoms with Crippen molar-refractivity contribution in [1.82, 2.24) is 19.9 Å². The first-order valence-corrected chi connectivity index (χ1v) is 15.3. The van der Waals surface area contributed by atoms with Gasteiger partial charge in [-0.25, -0.2) is 8.78 Å². The van der Waals surface area contributed by atoms with Crippen molar-refractivity contribution in [1.29, 1.82) is 0 Å². The molecule has 7 rings (SSSR count). The maximum Gasteiger partial charge on any atom is 0.319 e. The number of halogens is 2. The van der Waals surface area contributed by atoms with Crippen LogP contribution in [0.2, 0.25) is 0 Å². The first-order chi connectivity index (χ1) is 21.3. The Kier molecular flexibility index (Phi) is 7.26. The highest BCUT2D eigenvalue weighted by Gasteiger charge is 2.47. The van der Waals surface area contributed by atoms with E-state index < -0.39 is 17.7 Å². The number of piperidine rings is 2. The number of pyridine rings is 1. The number of likely N-dealkylation sites (tertiary alicyclic amines) is 1. The second-order valence-corrected chi connectivity index (χ2v) is 12.6. The number of terminal acetylenes is 1. The van der Waals surface area contributed by atoms with Gasteiger partial charge in [-0.2, -0.15) is 9.97 Å². The fraction of sp³-hybridized carbons (Fsp3) is 0.441. The van der Waals surface area contributed by atoms with E-state index in [1.807, 2.05) is 4.90 Å². The maximum atomic E-state index is 16.7. The number of hydrogen-bond donors (Lipinski definition) is 2. The number of aromatic nitrogens is 3. The Bertz CT molecular complexity index is 1810. The van der Waals surface area contributed by atoms with Crippen LogP contribution >= 0.6 is 0 Å². The smallest absolute Gasteiger partial charge is 0.319 e. The van der Waals surface area contributed by atoms with Crippen molar-refractivity contribution in [3.05, 3.63) is 47.7 Å². The van der Waals surface area contributed by atoms with Crippen LogP contribution in [0, 0.1) is 29.4 Å². The quantitative estimate of drug-likeness (QED) is 0.294. The molecule has 0 spiro atoms. The molecule has 0 radical (unpaired) electrons. The van der Waals surface area contributed by atoms with Crippen LogP contribution in [-0.2, 0) is 0 Å². The van der Waals surface area contributed by atoms with Gasteiger partial charge in [0.1, 0.15) is 28.6 Å². The molecular weight excluding hydrogens is 564 g/mol. The molecule has 3 unspecified atom stereocenters. The fourth-order valence-corrected chi connectivity index (χ4v) is 7.80. The molecule has 228 valence electrons. The van der Waals surface area contributed by atoms with Gasteiger partial charge in [-0.3, -0.25) is 4.98 Å². The first-order valence-electron chi connectivity index (χ1n) is 15.3. The van der Waals surface area contributed by atoms with Crippen LogP contribution in [0.1, 0.15) is 50.5 Å². The molecule has 8 nitrogen and oxygen atoms in total. The number of benzene rings is 2. The van der Waals surface area contributed by atoms with E-state index in [4.69, 9.17) is 16.1 Å². The molecule has 2 aromatic carbocycles. The van der Waals surface area contributed by atoms with Crippen LogP contribution in [0.4, 0.5) is 14.6 Å². The summed E-state index contributed by atoms with van der Waals surface area (Å²) < 4.78 is 37.9. The topological polar surface area (TPSA) is 94.8 Å². The van der Waals surface area contributed by atoms with E-state index in [-0.39, 0.29) is 44.9 Å². The lowest BCUT2D eigenvalue weighted by atomic mass is 9.76. The zero-order chi connectivity index (χ0) is 30.6. The number of hydrogen-bond acceptors (Lipinski definition) is 8. The van der Waals surface area contributed by atoms with E-state index in [9.17, 15) is 14.6 Å². The SMILES string of the molecule is C#Cc1c(F)ccc2cc(O)cc(-c3ncc4c(N5CCCC(O)C5)nc(OCC56CCCC5N(C)CCC6)nc4c3F)c12. The molecule has 3 fully saturated rings. The summed E-state index contributed by atoms with van der Waals surface area (Å²) in [4.78, 5) is 18.1. The Morgan fingerprint density at radius 1 is 1.11 bits per heavy atom. The van der Waals surface area contributed by atoms with Gasteiger partial charge in [0.25, 0.3) is 0 Å². The standard InChI is InChI=1S/C34H35F2N5O3/c1-3-23-26(35)10-9-20-15-22(43)16-24(28(20)23)30-29(36)31-25(17-37-30)32(41-14-5-7-21(42)18-41)39-33(38-31)44-19-34-11-4-8-27(34)40(2)13-6-12-34/h1,9-10,15-17,21,27,42-43H,4-8,11-14,18-19H2,2H3. The molecule has 2 aliphatic heterocycles. The van der Waals surface area contributed by atoms with Crippen molar-refractivity contribution in [2.45, 2.75) is 57.1 Å². The summed E-state index contributed by atoms with van der Waals surface area (Å²) in [5.41, 5.74) is -0.0352. The van der Waals surface area contributed by atoms with Gasteiger partial charge in [0.2, 0.25) is 0 Å². The van der Waals surface area contributed by atoms with Crippen LogP contribution in [0.15, 0.2) is 30.5 Å². The lowest BCUT2D eigenvalue weighted by Gasteiger charge is -2.44. The lowest BCUT2D eigenvalue weighted by Crippen LogP contribution is -2.50. The van der Waals surface area contributed by atoms with Crippen LogP contribution in [0.5, 0.6) is 11.8 Å². The Balaban J connectivity index is 1.37. The summed E-state index contributed by atoms with van der Waals surface area (Å²) in [7, 11) is 2.17. The van der Waals surface area contributed by atoms with Gasteiger partial charge in [-0.15, -0.1) is 6.42 Å². The molecule has 44 heavy (non-hydrogen) atoms. The molecule has 3 aliphatic rings. The summed E-state index contributed by atoms with van der Waals surface area (Å²) in [5, 5.41) is 22.0. The zero-order valence-corrected chi connectivity index (χ0v) is 24.7. The Morgan fingerprint density at radius 2 is 1.95 bits per heavy atom. The summed E-state index contributed by atoms with van der Waals surface area (Å²) in [6.07, 6.45) is 13.5. The third-order valence-electron chi connectivity index (χ3n) is 9.86. The largest absolute Gasteiger partial charge is 0.508 e. The molecular formula is C34H35F2N5O3. The summed E-state index contributed by atoms with van der Waals surface area (Å²) in [6, 6.07) is 5.97. The van der Waals surface area contributed by atoms with Gasteiger partial charge in [0, 0.05) is 41.7 Å². The highest BCUT2D eigenvalue weighted by Crippen LogP contribution is 2.47. The third-order valence-corrected chi connectivity index (χ3v) is 9.86.